The standard InChI is InChI=1S/C20H25N3O4/c1-20(2,3)27-19(26)21-9-10-22-16(12-21)17(24)23(18(22)25)15-11-14(15)13-7-5-4-6-8-13/h4-8,14-16H,9-12H2,1-3H3/t14-,15+,16?/m0/s1. The van der Waals surface area contributed by atoms with E-state index in [0.29, 0.717) is 13.1 Å². The van der Waals surface area contributed by atoms with Crippen molar-refractivity contribution in [3.05, 3.63) is 35.9 Å². The molecule has 2 saturated heterocycles. The Morgan fingerprint density at radius 3 is 2.48 bits per heavy atom. The smallest absolute Gasteiger partial charge is 0.410 e. The zero-order chi connectivity index (χ0) is 19.3. The molecule has 1 aromatic rings. The average Bonchev–Trinajstić information content (AvgIpc) is 3.36. The SMILES string of the molecule is CC(C)(C)OC(=O)N1CCN2C(=O)N([C@@H]3C[C@H]3c3ccccc3)C(=O)C2C1. The largest absolute Gasteiger partial charge is 0.444 e. The van der Waals surface area contributed by atoms with Gasteiger partial charge in [-0.15, -0.1) is 0 Å². The van der Waals surface area contributed by atoms with Crippen LogP contribution in [0, 0.1) is 0 Å². The van der Waals surface area contributed by atoms with Crippen molar-refractivity contribution in [3.63, 3.8) is 0 Å². The Morgan fingerprint density at radius 2 is 1.81 bits per heavy atom. The van der Waals surface area contributed by atoms with E-state index in [0.717, 1.165) is 12.0 Å². The van der Waals surface area contributed by atoms with Crippen LogP contribution in [-0.4, -0.2) is 70.1 Å². The van der Waals surface area contributed by atoms with Gasteiger partial charge in [-0.25, -0.2) is 9.59 Å². The third-order valence-electron chi connectivity index (χ3n) is 5.32. The Kier molecular flexibility index (Phi) is 4.13. The number of ether oxygens (including phenoxy) is 1. The molecule has 1 saturated carbocycles. The molecular weight excluding hydrogens is 346 g/mol. The van der Waals surface area contributed by atoms with Gasteiger partial charge >= 0.3 is 12.1 Å². The predicted octanol–water partition coefficient (Wildman–Crippen LogP) is 2.43. The van der Waals surface area contributed by atoms with Crippen LogP contribution in [0.5, 0.6) is 0 Å². The van der Waals surface area contributed by atoms with E-state index in [1.54, 1.807) is 4.90 Å². The molecule has 1 aliphatic carbocycles. The molecule has 3 fully saturated rings. The highest BCUT2D eigenvalue weighted by molar-refractivity contribution is 6.05. The molecular formula is C20H25N3O4. The number of nitrogens with zero attached hydrogens (tertiary/aromatic N) is 3. The highest BCUT2D eigenvalue weighted by Gasteiger charge is 2.56. The highest BCUT2D eigenvalue weighted by atomic mass is 16.6. The van der Waals surface area contributed by atoms with Crippen molar-refractivity contribution in [2.75, 3.05) is 19.6 Å². The Morgan fingerprint density at radius 1 is 1.11 bits per heavy atom. The fraction of sp³-hybridized carbons (Fsp3) is 0.550. The van der Waals surface area contributed by atoms with Gasteiger partial charge in [0.2, 0.25) is 0 Å². The highest BCUT2D eigenvalue weighted by Crippen LogP contribution is 2.46. The second-order valence-corrected chi connectivity index (χ2v) is 8.45. The molecule has 2 heterocycles. The number of amides is 4. The number of urea groups is 1. The van der Waals surface area contributed by atoms with Gasteiger partial charge in [0.1, 0.15) is 11.6 Å². The molecule has 1 aromatic carbocycles. The van der Waals surface area contributed by atoms with Crippen molar-refractivity contribution in [2.24, 2.45) is 0 Å². The monoisotopic (exact) mass is 371 g/mol. The van der Waals surface area contributed by atoms with Crippen molar-refractivity contribution in [1.29, 1.82) is 0 Å². The van der Waals surface area contributed by atoms with Gasteiger partial charge in [-0.1, -0.05) is 30.3 Å². The molecule has 4 amide bonds. The molecule has 1 unspecified atom stereocenters. The van der Waals surface area contributed by atoms with Gasteiger partial charge in [-0.3, -0.25) is 9.69 Å². The molecule has 4 rings (SSSR count). The van der Waals surface area contributed by atoms with Gasteiger partial charge in [-0.05, 0) is 32.8 Å². The summed E-state index contributed by atoms with van der Waals surface area (Å²) in [5.41, 5.74) is 0.565. The summed E-state index contributed by atoms with van der Waals surface area (Å²) < 4.78 is 5.41. The molecule has 2 aliphatic heterocycles. The Balaban J connectivity index is 1.45. The molecule has 0 N–H and O–H groups in total. The molecule has 3 atom stereocenters. The van der Waals surface area contributed by atoms with Gasteiger partial charge in [0.05, 0.1) is 6.54 Å². The molecule has 0 spiro atoms. The normalized spacial score (nSPS) is 27.7. The molecule has 144 valence electrons. The van der Waals surface area contributed by atoms with Crippen LogP contribution in [0.2, 0.25) is 0 Å². The number of fused-ring (bicyclic) bond motifs is 1. The van der Waals surface area contributed by atoms with Crippen LogP contribution in [-0.2, 0) is 9.53 Å². The maximum Gasteiger partial charge on any atom is 0.410 e. The lowest BCUT2D eigenvalue weighted by molar-refractivity contribution is -0.129. The van der Waals surface area contributed by atoms with Gasteiger partial charge in [0.15, 0.2) is 0 Å². The summed E-state index contributed by atoms with van der Waals surface area (Å²) in [5.74, 6) is 0.0131. The summed E-state index contributed by atoms with van der Waals surface area (Å²) in [6.45, 7) is 6.36. The van der Waals surface area contributed by atoms with Crippen LogP contribution in [0.3, 0.4) is 0 Å². The van der Waals surface area contributed by atoms with Crippen LogP contribution in [0.15, 0.2) is 30.3 Å². The van der Waals surface area contributed by atoms with Crippen LogP contribution in [0.1, 0.15) is 38.7 Å². The average molecular weight is 371 g/mol. The zero-order valence-corrected chi connectivity index (χ0v) is 15.9. The second kappa shape index (κ2) is 6.25. The molecule has 7 nitrogen and oxygen atoms in total. The Labute approximate surface area is 158 Å². The third-order valence-corrected chi connectivity index (χ3v) is 5.32. The summed E-state index contributed by atoms with van der Waals surface area (Å²) in [7, 11) is 0. The van der Waals surface area contributed by atoms with E-state index < -0.39 is 17.7 Å². The first kappa shape index (κ1) is 17.8. The molecule has 0 bridgehead atoms. The van der Waals surface area contributed by atoms with Gasteiger partial charge < -0.3 is 14.5 Å². The number of hydrogen-bond acceptors (Lipinski definition) is 4. The van der Waals surface area contributed by atoms with Crippen molar-refractivity contribution in [3.8, 4) is 0 Å². The summed E-state index contributed by atoms with van der Waals surface area (Å²) in [6, 6.07) is 9.07. The molecule has 27 heavy (non-hydrogen) atoms. The summed E-state index contributed by atoms with van der Waals surface area (Å²) in [5, 5.41) is 0. The van der Waals surface area contributed by atoms with Gasteiger partial charge in [0, 0.05) is 25.0 Å². The third kappa shape index (κ3) is 3.26. The Bertz CT molecular complexity index is 773. The van der Waals surface area contributed by atoms with E-state index >= 15 is 0 Å². The van der Waals surface area contributed by atoms with Crippen molar-refractivity contribution in [1.82, 2.24) is 14.7 Å². The van der Waals surface area contributed by atoms with Crippen molar-refractivity contribution in [2.45, 2.75) is 50.8 Å². The fourth-order valence-corrected chi connectivity index (χ4v) is 3.94. The van der Waals surface area contributed by atoms with E-state index in [1.807, 2.05) is 51.1 Å². The maximum atomic E-state index is 12.9. The van der Waals surface area contributed by atoms with Crippen molar-refractivity contribution >= 4 is 18.0 Å². The van der Waals surface area contributed by atoms with Crippen LogP contribution < -0.4 is 0 Å². The molecule has 7 heteroatoms. The number of piperazine rings is 1. The topological polar surface area (TPSA) is 70.2 Å². The minimum atomic E-state index is -0.601. The lowest BCUT2D eigenvalue weighted by Gasteiger charge is -2.36. The van der Waals surface area contributed by atoms with E-state index in [-0.39, 0.29) is 30.4 Å². The van der Waals surface area contributed by atoms with Crippen LogP contribution in [0.4, 0.5) is 9.59 Å². The molecule has 0 radical (unpaired) electrons. The van der Waals surface area contributed by atoms with Crippen LogP contribution in [0.25, 0.3) is 0 Å². The van der Waals surface area contributed by atoms with E-state index in [9.17, 15) is 14.4 Å². The fourth-order valence-electron chi connectivity index (χ4n) is 3.94. The van der Waals surface area contributed by atoms with Crippen LogP contribution >= 0.6 is 0 Å². The number of carbonyl (C=O) groups excluding carboxylic acids is 3. The minimum absolute atomic E-state index is 0.0759. The first-order valence-corrected chi connectivity index (χ1v) is 9.43. The number of benzene rings is 1. The lowest BCUT2D eigenvalue weighted by atomic mass is 10.1. The summed E-state index contributed by atoms with van der Waals surface area (Å²) in [6.07, 6.45) is 0.368. The number of rotatable bonds is 2. The van der Waals surface area contributed by atoms with E-state index in [4.69, 9.17) is 4.74 Å². The quantitative estimate of drug-likeness (QED) is 0.749. The van der Waals surface area contributed by atoms with Gasteiger partial charge in [0.25, 0.3) is 5.91 Å². The first-order valence-electron chi connectivity index (χ1n) is 9.43. The lowest BCUT2D eigenvalue weighted by Crippen LogP contribution is -2.55. The maximum absolute atomic E-state index is 12.9. The van der Waals surface area contributed by atoms with Crippen molar-refractivity contribution < 1.29 is 19.1 Å². The molecule has 0 aromatic heterocycles. The zero-order valence-electron chi connectivity index (χ0n) is 15.9. The Hall–Kier alpha value is -2.57. The number of imide groups is 1. The second-order valence-electron chi connectivity index (χ2n) is 8.45. The number of hydrogen-bond donors (Lipinski definition) is 0. The molecule has 3 aliphatic rings. The summed E-state index contributed by atoms with van der Waals surface area (Å²) >= 11 is 0. The minimum Gasteiger partial charge on any atom is -0.444 e. The predicted molar refractivity (Wildman–Crippen MR) is 98.1 cm³/mol. The summed E-state index contributed by atoms with van der Waals surface area (Å²) in [4.78, 5) is 42.6. The number of carbonyl (C=O) groups is 3. The van der Waals surface area contributed by atoms with Gasteiger partial charge in [-0.2, -0.15) is 0 Å². The van der Waals surface area contributed by atoms with E-state index in [1.165, 1.54) is 9.80 Å². The van der Waals surface area contributed by atoms with E-state index in [2.05, 4.69) is 0 Å². The first-order chi connectivity index (χ1) is 12.8.